The second kappa shape index (κ2) is 10.1. The molecule has 4 rings (SSSR count). The van der Waals surface area contributed by atoms with E-state index in [1.807, 2.05) is 24.3 Å². The molecule has 1 aliphatic rings. The van der Waals surface area contributed by atoms with Gasteiger partial charge in [-0.1, -0.05) is 36.6 Å². The number of anilines is 1. The summed E-state index contributed by atoms with van der Waals surface area (Å²) in [5.41, 5.74) is 0.779. The van der Waals surface area contributed by atoms with Crippen LogP contribution < -0.4 is 5.32 Å². The van der Waals surface area contributed by atoms with E-state index in [2.05, 4.69) is 29.4 Å². The summed E-state index contributed by atoms with van der Waals surface area (Å²) < 4.78 is 33.1. The number of nitrogens with one attached hydrogen (secondary N) is 1. The van der Waals surface area contributed by atoms with Crippen LogP contribution in [0.1, 0.15) is 26.7 Å². The monoisotopic (exact) mass is 526 g/mol. The van der Waals surface area contributed by atoms with E-state index in [1.54, 1.807) is 17.8 Å². The van der Waals surface area contributed by atoms with Crippen LogP contribution in [0.2, 0.25) is 4.34 Å². The van der Waals surface area contributed by atoms with Crippen molar-refractivity contribution in [3.8, 4) is 11.5 Å². The van der Waals surface area contributed by atoms with Crippen LogP contribution in [0, 0.1) is 5.92 Å². The Morgan fingerprint density at radius 3 is 2.67 bits per heavy atom. The van der Waals surface area contributed by atoms with Gasteiger partial charge in [-0.05, 0) is 43.2 Å². The van der Waals surface area contributed by atoms with Crippen LogP contribution in [0.4, 0.5) is 6.01 Å². The number of rotatable bonds is 7. The normalized spacial score (nSPS) is 15.8. The zero-order valence-electron chi connectivity index (χ0n) is 18.0. The molecular weight excluding hydrogens is 504 g/mol. The molecule has 1 aromatic carbocycles. The molecule has 8 nitrogen and oxygen atoms in total. The fourth-order valence-electron chi connectivity index (χ4n) is 3.49. The van der Waals surface area contributed by atoms with E-state index in [0.717, 1.165) is 21.8 Å². The number of halogens is 1. The van der Waals surface area contributed by atoms with Gasteiger partial charge in [0, 0.05) is 34.7 Å². The van der Waals surface area contributed by atoms with Gasteiger partial charge in [-0.2, -0.15) is 4.31 Å². The Morgan fingerprint density at radius 1 is 1.24 bits per heavy atom. The summed E-state index contributed by atoms with van der Waals surface area (Å²) in [5.74, 6) is -0.276. The van der Waals surface area contributed by atoms with Crippen LogP contribution in [0.25, 0.3) is 11.5 Å². The van der Waals surface area contributed by atoms with E-state index >= 15 is 0 Å². The van der Waals surface area contributed by atoms with Gasteiger partial charge in [0.25, 0.3) is 10.0 Å². The lowest BCUT2D eigenvalue weighted by atomic mass is 9.97. The number of thiophene rings is 1. The molecule has 176 valence electrons. The van der Waals surface area contributed by atoms with E-state index in [9.17, 15) is 13.2 Å². The lowest BCUT2D eigenvalue weighted by molar-refractivity contribution is -0.121. The third-order valence-electron chi connectivity index (χ3n) is 5.08. The van der Waals surface area contributed by atoms with Crippen LogP contribution in [0.15, 0.2) is 49.9 Å². The summed E-state index contributed by atoms with van der Waals surface area (Å²) in [6.45, 7) is 4.75. The molecule has 1 amide bonds. The van der Waals surface area contributed by atoms with Gasteiger partial charge in [0.1, 0.15) is 4.21 Å². The lowest BCUT2D eigenvalue weighted by Crippen LogP contribution is -2.41. The molecule has 2 aromatic heterocycles. The first kappa shape index (κ1) is 24.2. The number of amides is 1. The maximum absolute atomic E-state index is 12.7. The molecule has 1 saturated heterocycles. The molecule has 0 aliphatic carbocycles. The Hall–Kier alpha value is -1.92. The number of thioether (sulfide) groups is 1. The van der Waals surface area contributed by atoms with Gasteiger partial charge in [0.2, 0.25) is 11.8 Å². The van der Waals surface area contributed by atoms with E-state index in [-0.39, 0.29) is 35.1 Å². The zero-order valence-corrected chi connectivity index (χ0v) is 21.2. The third kappa shape index (κ3) is 5.78. The molecule has 12 heteroatoms. The number of carbonyl (C=O) groups excluding carboxylic acids is 1. The summed E-state index contributed by atoms with van der Waals surface area (Å²) in [4.78, 5) is 13.8. The largest absolute Gasteiger partial charge is 0.403 e. The molecule has 0 unspecified atom stereocenters. The molecule has 1 aliphatic heterocycles. The van der Waals surface area contributed by atoms with Crippen molar-refractivity contribution >= 4 is 56.6 Å². The summed E-state index contributed by atoms with van der Waals surface area (Å²) in [5, 5.41) is 11.1. The number of aromatic nitrogens is 2. The third-order valence-corrected chi connectivity index (χ3v) is 9.67. The minimum Gasteiger partial charge on any atom is -0.403 e. The first-order chi connectivity index (χ1) is 15.7. The van der Waals surface area contributed by atoms with Crippen molar-refractivity contribution in [1.29, 1.82) is 0 Å². The Balaban J connectivity index is 1.35. The molecule has 0 bridgehead atoms. The number of carbonyl (C=O) groups is 1. The van der Waals surface area contributed by atoms with E-state index in [4.69, 9.17) is 16.0 Å². The molecule has 3 aromatic rings. The summed E-state index contributed by atoms with van der Waals surface area (Å²) >= 11 is 8.64. The van der Waals surface area contributed by atoms with Crippen molar-refractivity contribution in [3.05, 3.63) is 40.7 Å². The topological polar surface area (TPSA) is 105 Å². The molecule has 1 N–H and O–H groups in total. The fourth-order valence-corrected chi connectivity index (χ4v) is 7.50. The van der Waals surface area contributed by atoms with Crippen molar-refractivity contribution in [2.75, 3.05) is 18.4 Å². The molecule has 3 heterocycles. The average molecular weight is 527 g/mol. The van der Waals surface area contributed by atoms with Crippen LogP contribution in [-0.4, -0.2) is 47.2 Å². The zero-order chi connectivity index (χ0) is 23.6. The van der Waals surface area contributed by atoms with Gasteiger partial charge in [0.15, 0.2) is 0 Å². The number of nitrogens with zero attached hydrogens (tertiary/aromatic N) is 3. The molecular formula is C21H23ClN4O4S3. The predicted molar refractivity (Wildman–Crippen MR) is 130 cm³/mol. The first-order valence-electron chi connectivity index (χ1n) is 10.4. The summed E-state index contributed by atoms with van der Waals surface area (Å²) in [6, 6.07) is 10.9. The van der Waals surface area contributed by atoms with Gasteiger partial charge < -0.3 is 4.42 Å². The smallest absolute Gasteiger partial charge is 0.322 e. The van der Waals surface area contributed by atoms with E-state index < -0.39 is 10.0 Å². The van der Waals surface area contributed by atoms with Crippen molar-refractivity contribution in [1.82, 2.24) is 14.5 Å². The highest BCUT2D eigenvalue weighted by Crippen LogP contribution is 2.31. The predicted octanol–water partition coefficient (Wildman–Crippen LogP) is 4.99. The Labute approximate surface area is 205 Å². The van der Waals surface area contributed by atoms with Crippen molar-refractivity contribution in [3.63, 3.8) is 0 Å². The molecule has 0 spiro atoms. The van der Waals surface area contributed by atoms with E-state index in [1.165, 1.54) is 10.4 Å². The van der Waals surface area contributed by atoms with E-state index in [0.29, 0.717) is 28.3 Å². The lowest BCUT2D eigenvalue weighted by Gasteiger charge is -2.29. The maximum Gasteiger partial charge on any atom is 0.322 e. The minimum absolute atomic E-state index is 0.0280. The number of hydrogen-bond donors (Lipinski definition) is 1. The molecule has 0 radical (unpaired) electrons. The second-order valence-corrected chi connectivity index (χ2v) is 13.4. The highest BCUT2D eigenvalue weighted by molar-refractivity contribution is 7.99. The standard InChI is InChI=1S/C21H23ClN4O4S3/c1-13(2)31-16-5-3-4-15(12-16)20-24-25-21(30-20)23-19(27)14-8-10-26(11-9-14)33(28,29)18-7-6-17(22)32-18/h3-7,12-14H,8-11H2,1-2H3,(H,23,25,27). The first-order valence-corrected chi connectivity index (χ1v) is 13.9. The Kier molecular flexibility index (Phi) is 7.44. The van der Waals surface area contributed by atoms with Crippen molar-refractivity contribution < 1.29 is 17.6 Å². The number of sulfonamides is 1. The van der Waals surface area contributed by atoms with Crippen LogP contribution >= 0.6 is 34.7 Å². The van der Waals surface area contributed by atoms with Crippen LogP contribution in [0.3, 0.4) is 0 Å². The van der Waals surface area contributed by atoms with Gasteiger partial charge in [0.05, 0.1) is 4.34 Å². The van der Waals surface area contributed by atoms with Gasteiger partial charge in [-0.25, -0.2) is 8.42 Å². The summed E-state index contributed by atoms with van der Waals surface area (Å²) in [6.07, 6.45) is 0.805. The number of hydrogen-bond acceptors (Lipinski definition) is 8. The minimum atomic E-state index is -3.59. The van der Waals surface area contributed by atoms with Gasteiger partial charge in [-0.15, -0.1) is 28.2 Å². The van der Waals surface area contributed by atoms with Crippen molar-refractivity contribution in [2.45, 2.75) is 41.0 Å². The highest BCUT2D eigenvalue weighted by atomic mass is 35.5. The quantitative estimate of drug-likeness (QED) is 0.432. The molecule has 0 saturated carbocycles. The number of piperidine rings is 1. The maximum atomic E-state index is 12.7. The fraction of sp³-hybridized carbons (Fsp3) is 0.381. The van der Waals surface area contributed by atoms with Gasteiger partial charge >= 0.3 is 6.01 Å². The Bertz CT molecular complexity index is 1230. The molecule has 33 heavy (non-hydrogen) atoms. The highest BCUT2D eigenvalue weighted by Gasteiger charge is 2.33. The van der Waals surface area contributed by atoms with Crippen LogP contribution in [-0.2, 0) is 14.8 Å². The van der Waals surface area contributed by atoms with Crippen LogP contribution in [0.5, 0.6) is 0 Å². The Morgan fingerprint density at radius 2 is 2.00 bits per heavy atom. The summed E-state index contributed by atoms with van der Waals surface area (Å²) in [7, 11) is -3.59. The number of benzene rings is 1. The SMILES string of the molecule is CC(C)Sc1cccc(-c2nnc(NC(=O)C3CCN(S(=O)(=O)c4ccc(Cl)s4)CC3)o2)c1. The molecule has 0 atom stereocenters. The second-order valence-electron chi connectivity index (χ2n) is 7.83. The van der Waals surface area contributed by atoms with Crippen molar-refractivity contribution in [2.24, 2.45) is 5.92 Å². The van der Waals surface area contributed by atoms with Gasteiger partial charge in [-0.3, -0.25) is 10.1 Å². The average Bonchev–Trinajstić information content (AvgIpc) is 3.43. The molecule has 1 fully saturated rings.